The second kappa shape index (κ2) is 7.44. The predicted molar refractivity (Wildman–Crippen MR) is 62.4 cm³/mol. The number of hydrogen-bond donors (Lipinski definition) is 2. The van der Waals surface area contributed by atoms with Gasteiger partial charge in [0.05, 0.1) is 0 Å². The first kappa shape index (κ1) is 13.0. The Bertz CT molecular complexity index is 238. The van der Waals surface area contributed by atoms with Crippen molar-refractivity contribution in [1.82, 2.24) is 5.32 Å². The quantitative estimate of drug-likeness (QED) is 0.531. The van der Waals surface area contributed by atoms with Gasteiger partial charge >= 0.3 is 0 Å². The summed E-state index contributed by atoms with van der Waals surface area (Å²) in [6.07, 6.45) is 3.02. The van der Waals surface area contributed by atoms with E-state index in [-0.39, 0.29) is 11.0 Å². The Hall–Kier alpha value is -0.970. The maximum atomic E-state index is 11.1. The molecule has 0 atom stereocenters. The zero-order valence-electron chi connectivity index (χ0n) is 8.67. The first-order valence-corrected chi connectivity index (χ1v) is 5.04. The molecule has 80 valence electrons. The summed E-state index contributed by atoms with van der Waals surface area (Å²) in [5.41, 5.74) is 6.29. The van der Waals surface area contributed by atoms with Crippen LogP contribution in [-0.2, 0) is 4.79 Å². The monoisotopic (exact) mass is 215 g/mol. The molecule has 0 heterocycles. The Balaban J connectivity index is 3.63. The van der Waals surface area contributed by atoms with Crippen LogP contribution in [0.25, 0.3) is 0 Å². The fourth-order valence-electron chi connectivity index (χ4n) is 1.10. The minimum atomic E-state index is -0.121. The number of amides is 1. The van der Waals surface area contributed by atoms with Crippen molar-refractivity contribution < 1.29 is 4.79 Å². The maximum absolute atomic E-state index is 11.1. The van der Waals surface area contributed by atoms with Gasteiger partial charge in [0.2, 0.25) is 5.91 Å². The van der Waals surface area contributed by atoms with Gasteiger partial charge in [0.1, 0.15) is 0 Å². The topological polar surface area (TPSA) is 67.5 Å². The molecule has 5 heteroatoms. The zero-order chi connectivity index (χ0) is 11.0. The highest BCUT2D eigenvalue weighted by molar-refractivity contribution is 7.80. The second-order valence-corrected chi connectivity index (χ2v) is 3.35. The summed E-state index contributed by atoms with van der Waals surface area (Å²) < 4.78 is 0. The average molecular weight is 215 g/mol. The fraction of sp³-hybridized carbons (Fsp3) is 0.667. The van der Waals surface area contributed by atoms with Crippen molar-refractivity contribution >= 4 is 28.9 Å². The molecule has 0 aliphatic rings. The van der Waals surface area contributed by atoms with Crippen molar-refractivity contribution in [1.29, 1.82) is 0 Å². The second-order valence-electron chi connectivity index (χ2n) is 2.91. The number of rotatable bonds is 5. The van der Waals surface area contributed by atoms with Crippen molar-refractivity contribution in [2.75, 3.05) is 7.05 Å². The van der Waals surface area contributed by atoms with Gasteiger partial charge in [-0.25, -0.2) is 0 Å². The summed E-state index contributed by atoms with van der Waals surface area (Å²) in [5.74, 6) is -0.121. The van der Waals surface area contributed by atoms with Gasteiger partial charge in [-0.15, -0.1) is 0 Å². The molecule has 4 nitrogen and oxygen atoms in total. The number of nitrogens with two attached hydrogens (primary N) is 1. The van der Waals surface area contributed by atoms with E-state index in [9.17, 15) is 4.79 Å². The lowest BCUT2D eigenvalue weighted by atomic mass is 10.1. The lowest BCUT2D eigenvalue weighted by molar-refractivity contribution is -0.119. The molecule has 0 aliphatic carbocycles. The number of hydrogen-bond acceptors (Lipinski definition) is 3. The molecule has 0 aliphatic heterocycles. The van der Waals surface area contributed by atoms with Crippen LogP contribution in [-0.4, -0.2) is 23.8 Å². The molecule has 0 saturated heterocycles. The van der Waals surface area contributed by atoms with Crippen LogP contribution in [0.5, 0.6) is 0 Å². The number of nitrogens with one attached hydrogen (secondary N) is 1. The highest BCUT2D eigenvalue weighted by atomic mass is 32.1. The lowest BCUT2D eigenvalue weighted by Gasteiger charge is -2.03. The third-order valence-electron chi connectivity index (χ3n) is 1.86. The van der Waals surface area contributed by atoms with Crippen molar-refractivity contribution in [3.63, 3.8) is 0 Å². The first-order valence-electron chi connectivity index (χ1n) is 4.64. The van der Waals surface area contributed by atoms with Crippen LogP contribution in [0.15, 0.2) is 4.99 Å². The van der Waals surface area contributed by atoms with Crippen molar-refractivity contribution in [2.24, 2.45) is 10.7 Å². The SMILES string of the molecule is CCC(CCCC(=O)NC(N)=S)=NC. The Morgan fingerprint density at radius 1 is 1.50 bits per heavy atom. The molecular weight excluding hydrogens is 198 g/mol. The minimum Gasteiger partial charge on any atom is -0.376 e. The van der Waals surface area contributed by atoms with Gasteiger partial charge in [0, 0.05) is 19.2 Å². The molecule has 0 aromatic rings. The van der Waals surface area contributed by atoms with E-state index in [0.717, 1.165) is 25.0 Å². The van der Waals surface area contributed by atoms with Crippen LogP contribution in [0.3, 0.4) is 0 Å². The molecule has 0 unspecified atom stereocenters. The molecule has 0 saturated carbocycles. The van der Waals surface area contributed by atoms with Gasteiger partial charge < -0.3 is 11.1 Å². The molecule has 0 fully saturated rings. The summed E-state index contributed by atoms with van der Waals surface area (Å²) in [6.45, 7) is 2.05. The summed E-state index contributed by atoms with van der Waals surface area (Å²) >= 11 is 4.54. The van der Waals surface area contributed by atoms with E-state index in [4.69, 9.17) is 5.73 Å². The molecule has 0 aromatic carbocycles. The molecule has 3 N–H and O–H groups in total. The molecule has 0 radical (unpaired) electrons. The van der Waals surface area contributed by atoms with E-state index < -0.39 is 0 Å². The van der Waals surface area contributed by atoms with Gasteiger partial charge in [-0.3, -0.25) is 9.79 Å². The van der Waals surface area contributed by atoms with Crippen LogP contribution in [0.1, 0.15) is 32.6 Å². The number of carbonyl (C=O) groups is 1. The molecule has 0 rings (SSSR count). The van der Waals surface area contributed by atoms with E-state index in [1.54, 1.807) is 7.05 Å². The van der Waals surface area contributed by atoms with E-state index >= 15 is 0 Å². The third-order valence-corrected chi connectivity index (χ3v) is 1.96. The molecular formula is C9H17N3OS. The summed E-state index contributed by atoms with van der Waals surface area (Å²) in [7, 11) is 1.77. The lowest BCUT2D eigenvalue weighted by Crippen LogP contribution is -2.34. The number of carbonyl (C=O) groups excluding carboxylic acids is 1. The molecule has 0 bridgehead atoms. The Morgan fingerprint density at radius 2 is 2.14 bits per heavy atom. The van der Waals surface area contributed by atoms with Gasteiger partial charge in [-0.2, -0.15) is 0 Å². The van der Waals surface area contributed by atoms with Crippen molar-refractivity contribution in [3.8, 4) is 0 Å². The van der Waals surface area contributed by atoms with Crippen LogP contribution in [0, 0.1) is 0 Å². The summed E-state index contributed by atoms with van der Waals surface area (Å²) in [4.78, 5) is 15.2. The zero-order valence-corrected chi connectivity index (χ0v) is 9.49. The standard InChI is InChI=1S/C9H17N3OS/c1-3-7(11-2)5-4-6-8(13)12-9(10)14/h3-6H2,1-2H3,(H3,10,12,13,14). The number of nitrogens with zero attached hydrogens (tertiary/aromatic N) is 1. The van der Waals surface area contributed by atoms with Crippen LogP contribution in [0.4, 0.5) is 0 Å². The average Bonchev–Trinajstić information content (AvgIpc) is 2.11. The van der Waals surface area contributed by atoms with E-state index in [1.165, 1.54) is 0 Å². The Labute approximate surface area is 90.0 Å². The largest absolute Gasteiger partial charge is 0.376 e. The number of thiocarbonyl (C=S) groups is 1. The van der Waals surface area contributed by atoms with Crippen LogP contribution >= 0.6 is 12.2 Å². The van der Waals surface area contributed by atoms with Crippen molar-refractivity contribution in [2.45, 2.75) is 32.6 Å². The van der Waals surface area contributed by atoms with E-state index in [2.05, 4.69) is 29.5 Å². The predicted octanol–water partition coefficient (Wildman–Crippen LogP) is 0.997. The maximum Gasteiger partial charge on any atom is 0.226 e. The smallest absolute Gasteiger partial charge is 0.226 e. The van der Waals surface area contributed by atoms with Gasteiger partial charge in [-0.05, 0) is 31.5 Å². The van der Waals surface area contributed by atoms with Gasteiger partial charge in [0.25, 0.3) is 0 Å². The van der Waals surface area contributed by atoms with Gasteiger partial charge in [-0.1, -0.05) is 6.92 Å². The minimum absolute atomic E-state index is 0.0369. The fourth-order valence-corrected chi connectivity index (χ4v) is 1.21. The molecule has 0 aromatic heterocycles. The van der Waals surface area contributed by atoms with E-state index in [1.807, 2.05) is 0 Å². The Kier molecular flexibility index (Phi) is 6.92. The highest BCUT2D eigenvalue weighted by Gasteiger charge is 2.02. The van der Waals surface area contributed by atoms with E-state index in [0.29, 0.717) is 6.42 Å². The van der Waals surface area contributed by atoms with Crippen LogP contribution < -0.4 is 11.1 Å². The van der Waals surface area contributed by atoms with Gasteiger partial charge in [0.15, 0.2) is 5.11 Å². The van der Waals surface area contributed by atoms with Crippen LogP contribution in [0.2, 0.25) is 0 Å². The number of aliphatic imine (C=N–C) groups is 1. The molecule has 1 amide bonds. The molecule has 14 heavy (non-hydrogen) atoms. The normalized spacial score (nSPS) is 11.1. The van der Waals surface area contributed by atoms with Crippen molar-refractivity contribution in [3.05, 3.63) is 0 Å². The first-order chi connectivity index (χ1) is 6.60. The summed E-state index contributed by atoms with van der Waals surface area (Å²) in [5, 5.41) is 2.42. The molecule has 0 spiro atoms. The third kappa shape index (κ3) is 6.54. The summed E-state index contributed by atoms with van der Waals surface area (Å²) in [6, 6.07) is 0. The highest BCUT2D eigenvalue weighted by Crippen LogP contribution is 2.00. The Morgan fingerprint density at radius 3 is 2.57 bits per heavy atom.